The number of halogens is 1. The van der Waals surface area contributed by atoms with Crippen LogP contribution in [0, 0.1) is 0 Å². The van der Waals surface area contributed by atoms with Gasteiger partial charge in [0.15, 0.2) is 0 Å². The molecule has 1 amide bonds. The summed E-state index contributed by atoms with van der Waals surface area (Å²) in [5, 5.41) is 14.0. The first-order chi connectivity index (χ1) is 14.1. The van der Waals surface area contributed by atoms with Gasteiger partial charge in [-0.2, -0.15) is 0 Å². The molecule has 4 rings (SSSR count). The molecule has 6 nitrogen and oxygen atoms in total. The summed E-state index contributed by atoms with van der Waals surface area (Å²) in [5.41, 5.74) is 8.87. The maximum atomic E-state index is 12.5. The Balaban J connectivity index is 0.00000256. The first-order valence-electron chi connectivity index (χ1n) is 10.2. The molecule has 1 aliphatic carbocycles. The molecule has 1 fully saturated rings. The molecule has 2 unspecified atom stereocenters. The summed E-state index contributed by atoms with van der Waals surface area (Å²) >= 11 is 0. The van der Waals surface area contributed by atoms with Crippen molar-refractivity contribution in [2.24, 2.45) is 5.73 Å². The zero-order valence-corrected chi connectivity index (χ0v) is 17.5. The lowest BCUT2D eigenvalue weighted by molar-refractivity contribution is -0.117. The number of H-pyrrole nitrogens is 1. The molecule has 0 aliphatic heterocycles. The highest BCUT2D eigenvalue weighted by Crippen LogP contribution is 2.25. The van der Waals surface area contributed by atoms with E-state index >= 15 is 0 Å². The standard InChI is InChI=1S/C23H27N3O3.ClH/c24-19(13-15-14-25-20-6-2-1-5-18(15)20)23(28)26-16-9-11-17(12-10-16)29-22-8-4-3-7-21(22)27;/h1-2,5-6,9-12,14,19,21-22,25,27H,3-4,7-8,13,24H2,(H,26,28);1H/t19-,21?,22?;/m0./s1. The first-order valence-corrected chi connectivity index (χ1v) is 10.2. The van der Waals surface area contributed by atoms with Crippen LogP contribution in [0.4, 0.5) is 5.69 Å². The summed E-state index contributed by atoms with van der Waals surface area (Å²) in [4.78, 5) is 15.7. The van der Waals surface area contributed by atoms with Crippen molar-refractivity contribution in [1.82, 2.24) is 4.98 Å². The van der Waals surface area contributed by atoms with E-state index in [2.05, 4.69) is 10.3 Å². The zero-order valence-electron chi connectivity index (χ0n) is 16.7. The van der Waals surface area contributed by atoms with Gasteiger partial charge in [0.05, 0.1) is 12.1 Å². The predicted molar refractivity (Wildman–Crippen MR) is 121 cm³/mol. The zero-order chi connectivity index (χ0) is 20.2. The summed E-state index contributed by atoms with van der Waals surface area (Å²) in [6.07, 6.45) is 5.56. The van der Waals surface area contributed by atoms with Crippen molar-refractivity contribution in [3.63, 3.8) is 0 Å². The molecular formula is C23H28ClN3O3. The molecule has 0 radical (unpaired) electrons. The van der Waals surface area contributed by atoms with Crippen molar-refractivity contribution in [3.8, 4) is 5.75 Å². The maximum absolute atomic E-state index is 12.5. The predicted octanol–water partition coefficient (Wildman–Crippen LogP) is 3.78. The minimum Gasteiger partial charge on any atom is -0.488 e. The van der Waals surface area contributed by atoms with Gasteiger partial charge in [0.2, 0.25) is 5.91 Å². The van der Waals surface area contributed by atoms with Gasteiger partial charge in [-0.3, -0.25) is 4.79 Å². The van der Waals surface area contributed by atoms with Crippen LogP contribution in [0.15, 0.2) is 54.7 Å². The second-order valence-electron chi connectivity index (χ2n) is 7.69. The molecule has 3 atom stereocenters. The molecular weight excluding hydrogens is 402 g/mol. The van der Waals surface area contributed by atoms with Gasteiger partial charge in [-0.25, -0.2) is 0 Å². The highest BCUT2D eigenvalue weighted by atomic mass is 35.5. The Labute approximate surface area is 182 Å². The summed E-state index contributed by atoms with van der Waals surface area (Å²) in [6.45, 7) is 0. The fourth-order valence-corrected chi connectivity index (χ4v) is 3.87. The quantitative estimate of drug-likeness (QED) is 0.479. The van der Waals surface area contributed by atoms with E-state index in [4.69, 9.17) is 10.5 Å². The second-order valence-corrected chi connectivity index (χ2v) is 7.69. The smallest absolute Gasteiger partial charge is 0.241 e. The minimum absolute atomic E-state index is 0. The van der Waals surface area contributed by atoms with E-state index in [1.165, 1.54) is 0 Å². The topological polar surface area (TPSA) is 100 Å². The molecule has 1 aromatic heterocycles. The molecule has 2 aromatic carbocycles. The van der Waals surface area contributed by atoms with E-state index in [1.807, 2.05) is 42.6 Å². The first kappa shape index (κ1) is 22.2. The highest BCUT2D eigenvalue weighted by Gasteiger charge is 2.24. The van der Waals surface area contributed by atoms with Crippen LogP contribution in [0.1, 0.15) is 31.2 Å². The Hall–Kier alpha value is -2.54. The molecule has 160 valence electrons. The van der Waals surface area contributed by atoms with Crippen molar-refractivity contribution >= 4 is 34.9 Å². The van der Waals surface area contributed by atoms with E-state index in [-0.39, 0.29) is 24.4 Å². The lowest BCUT2D eigenvalue weighted by atomic mass is 9.95. The number of nitrogens with one attached hydrogen (secondary N) is 2. The third-order valence-electron chi connectivity index (χ3n) is 5.53. The number of anilines is 1. The highest BCUT2D eigenvalue weighted by molar-refractivity contribution is 5.95. The lowest BCUT2D eigenvalue weighted by Gasteiger charge is -2.28. The number of nitrogens with two attached hydrogens (primary N) is 1. The summed E-state index contributed by atoms with van der Waals surface area (Å²) in [6, 6.07) is 14.5. The number of hydrogen-bond acceptors (Lipinski definition) is 4. The Kier molecular flexibility index (Phi) is 7.37. The van der Waals surface area contributed by atoms with Crippen molar-refractivity contribution in [2.45, 2.75) is 50.4 Å². The van der Waals surface area contributed by atoms with E-state index in [1.54, 1.807) is 12.1 Å². The van der Waals surface area contributed by atoms with Crippen molar-refractivity contribution in [3.05, 3.63) is 60.3 Å². The van der Waals surface area contributed by atoms with E-state index < -0.39 is 12.1 Å². The molecule has 1 aliphatic rings. The number of carbonyl (C=O) groups is 1. The number of benzene rings is 2. The number of aliphatic hydroxyl groups excluding tert-OH is 1. The molecule has 5 N–H and O–H groups in total. The van der Waals surface area contributed by atoms with Crippen LogP contribution < -0.4 is 15.8 Å². The molecule has 1 saturated carbocycles. The fraction of sp³-hybridized carbons (Fsp3) is 0.348. The molecule has 30 heavy (non-hydrogen) atoms. The van der Waals surface area contributed by atoms with Gasteiger partial charge < -0.3 is 25.9 Å². The van der Waals surface area contributed by atoms with Gasteiger partial charge in [-0.05, 0) is 61.6 Å². The number of hydrogen-bond donors (Lipinski definition) is 4. The Morgan fingerprint density at radius 3 is 2.67 bits per heavy atom. The van der Waals surface area contributed by atoms with Gasteiger partial charge in [0, 0.05) is 22.8 Å². The molecule has 0 spiro atoms. The van der Waals surface area contributed by atoms with Gasteiger partial charge in [0.1, 0.15) is 11.9 Å². The molecule has 7 heteroatoms. The Bertz CT molecular complexity index is 973. The normalized spacial score (nSPS) is 19.7. The number of amides is 1. The summed E-state index contributed by atoms with van der Waals surface area (Å²) in [5.74, 6) is 0.462. The van der Waals surface area contributed by atoms with Crippen LogP contribution in [0.2, 0.25) is 0 Å². The fourth-order valence-electron chi connectivity index (χ4n) is 3.87. The summed E-state index contributed by atoms with van der Waals surface area (Å²) < 4.78 is 5.90. The Morgan fingerprint density at radius 2 is 1.90 bits per heavy atom. The molecule has 0 saturated heterocycles. The Morgan fingerprint density at radius 1 is 1.17 bits per heavy atom. The number of fused-ring (bicyclic) bond motifs is 1. The van der Waals surface area contributed by atoms with Gasteiger partial charge >= 0.3 is 0 Å². The maximum Gasteiger partial charge on any atom is 0.241 e. The van der Waals surface area contributed by atoms with Crippen LogP contribution in [0.3, 0.4) is 0 Å². The number of carbonyl (C=O) groups excluding carboxylic acids is 1. The number of ether oxygens (including phenoxy) is 1. The van der Waals surface area contributed by atoms with Crippen LogP contribution in [-0.4, -0.2) is 34.2 Å². The van der Waals surface area contributed by atoms with Gasteiger partial charge in [-0.1, -0.05) is 24.6 Å². The third-order valence-corrected chi connectivity index (χ3v) is 5.53. The van der Waals surface area contributed by atoms with Gasteiger partial charge in [-0.15, -0.1) is 12.4 Å². The van der Waals surface area contributed by atoms with E-state index in [9.17, 15) is 9.90 Å². The average Bonchev–Trinajstić information content (AvgIpc) is 3.14. The van der Waals surface area contributed by atoms with Crippen molar-refractivity contribution in [2.75, 3.05) is 5.32 Å². The summed E-state index contributed by atoms with van der Waals surface area (Å²) in [7, 11) is 0. The lowest BCUT2D eigenvalue weighted by Crippen LogP contribution is -2.37. The van der Waals surface area contributed by atoms with Gasteiger partial charge in [0.25, 0.3) is 0 Å². The van der Waals surface area contributed by atoms with Crippen molar-refractivity contribution < 1.29 is 14.6 Å². The number of rotatable bonds is 6. The van der Waals surface area contributed by atoms with E-state index in [0.717, 1.165) is 42.1 Å². The van der Waals surface area contributed by atoms with Crippen LogP contribution in [0.5, 0.6) is 5.75 Å². The molecule has 3 aromatic rings. The third kappa shape index (κ3) is 5.14. The van der Waals surface area contributed by atoms with Crippen LogP contribution in [-0.2, 0) is 11.2 Å². The molecule has 0 bridgehead atoms. The number of aliphatic hydroxyl groups is 1. The van der Waals surface area contributed by atoms with Crippen LogP contribution in [0.25, 0.3) is 10.9 Å². The number of aromatic nitrogens is 1. The minimum atomic E-state index is -0.650. The van der Waals surface area contributed by atoms with Crippen molar-refractivity contribution in [1.29, 1.82) is 0 Å². The van der Waals surface area contributed by atoms with Crippen LogP contribution >= 0.6 is 12.4 Å². The average molecular weight is 430 g/mol. The van der Waals surface area contributed by atoms with E-state index in [0.29, 0.717) is 17.9 Å². The second kappa shape index (κ2) is 9.98. The molecule has 1 heterocycles. The number of para-hydroxylation sites is 1. The monoisotopic (exact) mass is 429 g/mol. The largest absolute Gasteiger partial charge is 0.488 e. The number of aromatic amines is 1. The SMILES string of the molecule is Cl.N[C@@H](Cc1c[nH]c2ccccc12)C(=O)Nc1ccc(OC2CCCCC2O)cc1.